The van der Waals surface area contributed by atoms with Gasteiger partial charge in [-0.2, -0.15) is 11.3 Å². The molecule has 0 aromatic carbocycles. The van der Waals surface area contributed by atoms with Gasteiger partial charge >= 0.3 is 0 Å². The molecule has 0 aliphatic rings. The molecule has 4 heteroatoms. The molecule has 17 heavy (non-hydrogen) atoms. The highest BCUT2D eigenvalue weighted by Gasteiger charge is 2.02. The standard InChI is InChI=1S/C13H17N3S/c1-10(2)12-7-13(16-9-15-12)14-5-3-11-4-6-17-8-11/h4,6-10H,3,5H2,1-2H3,(H,14,15,16). The van der Waals surface area contributed by atoms with Crippen LogP contribution in [-0.4, -0.2) is 16.5 Å². The molecule has 0 bridgehead atoms. The van der Waals surface area contributed by atoms with Crippen molar-refractivity contribution < 1.29 is 0 Å². The first kappa shape index (κ1) is 12.0. The smallest absolute Gasteiger partial charge is 0.129 e. The maximum absolute atomic E-state index is 4.25. The molecule has 0 aliphatic heterocycles. The van der Waals surface area contributed by atoms with Crippen molar-refractivity contribution in [1.29, 1.82) is 0 Å². The maximum Gasteiger partial charge on any atom is 0.129 e. The number of rotatable bonds is 5. The van der Waals surface area contributed by atoms with Crippen LogP contribution in [0.4, 0.5) is 5.82 Å². The molecule has 0 aliphatic carbocycles. The summed E-state index contributed by atoms with van der Waals surface area (Å²) in [6, 6.07) is 4.18. The minimum absolute atomic E-state index is 0.440. The molecule has 2 rings (SSSR count). The van der Waals surface area contributed by atoms with Gasteiger partial charge in [0.1, 0.15) is 12.1 Å². The van der Waals surface area contributed by atoms with Crippen LogP contribution in [0, 0.1) is 0 Å². The maximum atomic E-state index is 4.25. The SMILES string of the molecule is CC(C)c1cc(NCCc2ccsc2)ncn1. The van der Waals surface area contributed by atoms with Gasteiger partial charge in [0.2, 0.25) is 0 Å². The Kier molecular flexibility index (Phi) is 4.09. The van der Waals surface area contributed by atoms with E-state index in [-0.39, 0.29) is 0 Å². The Morgan fingerprint density at radius 1 is 1.35 bits per heavy atom. The second-order valence-electron chi connectivity index (χ2n) is 4.29. The van der Waals surface area contributed by atoms with Crippen LogP contribution < -0.4 is 5.32 Å². The van der Waals surface area contributed by atoms with Crippen LogP contribution in [-0.2, 0) is 6.42 Å². The van der Waals surface area contributed by atoms with Crippen molar-refractivity contribution in [3.8, 4) is 0 Å². The number of hydrogen-bond donors (Lipinski definition) is 1. The molecule has 90 valence electrons. The van der Waals surface area contributed by atoms with E-state index in [9.17, 15) is 0 Å². The molecule has 0 saturated heterocycles. The fourth-order valence-electron chi connectivity index (χ4n) is 1.55. The van der Waals surface area contributed by atoms with Gasteiger partial charge in [0.15, 0.2) is 0 Å². The first-order valence-electron chi connectivity index (χ1n) is 5.82. The molecule has 0 radical (unpaired) electrons. The molecule has 2 heterocycles. The number of thiophene rings is 1. The third kappa shape index (κ3) is 3.53. The summed E-state index contributed by atoms with van der Waals surface area (Å²) >= 11 is 1.74. The highest BCUT2D eigenvalue weighted by molar-refractivity contribution is 7.07. The molecule has 0 amide bonds. The summed E-state index contributed by atoms with van der Waals surface area (Å²) in [7, 11) is 0. The van der Waals surface area contributed by atoms with Crippen molar-refractivity contribution in [2.45, 2.75) is 26.2 Å². The summed E-state index contributed by atoms with van der Waals surface area (Å²) in [6.45, 7) is 5.18. The Hall–Kier alpha value is -1.42. The van der Waals surface area contributed by atoms with Gasteiger partial charge in [-0.15, -0.1) is 0 Å². The summed E-state index contributed by atoms with van der Waals surface area (Å²) in [4.78, 5) is 8.47. The topological polar surface area (TPSA) is 37.8 Å². The highest BCUT2D eigenvalue weighted by atomic mass is 32.1. The summed E-state index contributed by atoms with van der Waals surface area (Å²) in [5.74, 6) is 1.36. The van der Waals surface area contributed by atoms with Crippen molar-refractivity contribution >= 4 is 17.2 Å². The van der Waals surface area contributed by atoms with E-state index in [4.69, 9.17) is 0 Å². The second-order valence-corrected chi connectivity index (χ2v) is 5.07. The zero-order valence-corrected chi connectivity index (χ0v) is 11.0. The Bertz CT molecular complexity index is 451. The summed E-state index contributed by atoms with van der Waals surface area (Å²) < 4.78 is 0. The minimum Gasteiger partial charge on any atom is -0.370 e. The average molecular weight is 247 g/mol. The number of hydrogen-bond acceptors (Lipinski definition) is 4. The molecular formula is C13H17N3S. The van der Waals surface area contributed by atoms with Crippen LogP contribution in [0.15, 0.2) is 29.2 Å². The second kappa shape index (κ2) is 5.77. The van der Waals surface area contributed by atoms with Crippen LogP contribution in [0.2, 0.25) is 0 Å². The number of nitrogens with one attached hydrogen (secondary N) is 1. The van der Waals surface area contributed by atoms with E-state index in [0.29, 0.717) is 5.92 Å². The van der Waals surface area contributed by atoms with Gasteiger partial charge in [-0.25, -0.2) is 9.97 Å². The predicted molar refractivity (Wildman–Crippen MR) is 72.6 cm³/mol. The lowest BCUT2D eigenvalue weighted by Crippen LogP contribution is -2.07. The van der Waals surface area contributed by atoms with Gasteiger partial charge in [0.25, 0.3) is 0 Å². The lowest BCUT2D eigenvalue weighted by Gasteiger charge is -2.08. The Morgan fingerprint density at radius 2 is 2.24 bits per heavy atom. The first-order valence-corrected chi connectivity index (χ1v) is 6.77. The van der Waals surface area contributed by atoms with Crippen molar-refractivity contribution in [3.05, 3.63) is 40.5 Å². The summed E-state index contributed by atoms with van der Waals surface area (Å²) in [5, 5.41) is 7.62. The molecule has 3 nitrogen and oxygen atoms in total. The number of anilines is 1. The van der Waals surface area contributed by atoms with Gasteiger partial charge in [-0.1, -0.05) is 13.8 Å². The van der Waals surface area contributed by atoms with Crippen LogP contribution in [0.1, 0.15) is 31.0 Å². The zero-order chi connectivity index (χ0) is 12.1. The molecule has 0 atom stereocenters. The third-order valence-corrected chi connectivity index (χ3v) is 3.31. The van der Waals surface area contributed by atoms with Crippen LogP contribution in [0.5, 0.6) is 0 Å². The average Bonchev–Trinajstić information content (AvgIpc) is 2.82. The normalized spacial score (nSPS) is 10.8. The lowest BCUT2D eigenvalue weighted by atomic mass is 10.1. The zero-order valence-electron chi connectivity index (χ0n) is 10.2. The van der Waals surface area contributed by atoms with E-state index < -0.39 is 0 Å². The largest absolute Gasteiger partial charge is 0.370 e. The molecule has 0 saturated carbocycles. The van der Waals surface area contributed by atoms with Gasteiger partial charge in [0.05, 0.1) is 0 Å². The fourth-order valence-corrected chi connectivity index (χ4v) is 2.26. The minimum atomic E-state index is 0.440. The van der Waals surface area contributed by atoms with Crippen LogP contribution in [0.3, 0.4) is 0 Å². The Labute approximate surface area is 106 Å². The van der Waals surface area contributed by atoms with Crippen molar-refractivity contribution in [1.82, 2.24) is 9.97 Å². The van der Waals surface area contributed by atoms with Gasteiger partial charge < -0.3 is 5.32 Å². The molecular weight excluding hydrogens is 230 g/mol. The molecule has 2 aromatic heterocycles. The van der Waals surface area contributed by atoms with E-state index in [1.54, 1.807) is 17.7 Å². The van der Waals surface area contributed by atoms with E-state index >= 15 is 0 Å². The van der Waals surface area contributed by atoms with Crippen molar-refractivity contribution in [3.63, 3.8) is 0 Å². The van der Waals surface area contributed by atoms with E-state index in [1.807, 2.05) is 6.07 Å². The highest BCUT2D eigenvalue weighted by Crippen LogP contribution is 2.13. The fraction of sp³-hybridized carbons (Fsp3) is 0.385. The number of nitrogens with zero attached hydrogens (tertiary/aromatic N) is 2. The monoisotopic (exact) mass is 247 g/mol. The van der Waals surface area contributed by atoms with Crippen molar-refractivity contribution in [2.24, 2.45) is 0 Å². The van der Waals surface area contributed by atoms with E-state index in [2.05, 4.69) is 46.0 Å². The third-order valence-electron chi connectivity index (χ3n) is 2.58. The van der Waals surface area contributed by atoms with Gasteiger partial charge in [0, 0.05) is 18.3 Å². The first-order chi connectivity index (χ1) is 8.25. The predicted octanol–water partition coefficient (Wildman–Crippen LogP) is 3.32. The number of aromatic nitrogens is 2. The van der Waals surface area contributed by atoms with E-state index in [0.717, 1.165) is 24.5 Å². The van der Waals surface area contributed by atoms with E-state index in [1.165, 1.54) is 5.56 Å². The molecule has 0 spiro atoms. The van der Waals surface area contributed by atoms with Gasteiger partial charge in [-0.3, -0.25) is 0 Å². The quantitative estimate of drug-likeness (QED) is 0.880. The summed E-state index contributed by atoms with van der Waals surface area (Å²) in [5.41, 5.74) is 2.46. The molecule has 1 N–H and O–H groups in total. The van der Waals surface area contributed by atoms with Gasteiger partial charge in [-0.05, 0) is 34.7 Å². The summed E-state index contributed by atoms with van der Waals surface area (Å²) in [6.07, 6.45) is 2.66. The lowest BCUT2D eigenvalue weighted by molar-refractivity contribution is 0.813. The Balaban J connectivity index is 1.88. The van der Waals surface area contributed by atoms with Crippen LogP contribution in [0.25, 0.3) is 0 Å². The molecule has 2 aromatic rings. The molecule has 0 fully saturated rings. The van der Waals surface area contributed by atoms with Crippen LogP contribution >= 0.6 is 11.3 Å². The molecule has 0 unspecified atom stereocenters. The van der Waals surface area contributed by atoms with Crippen molar-refractivity contribution in [2.75, 3.05) is 11.9 Å². The Morgan fingerprint density at radius 3 is 2.94 bits per heavy atom.